The molecule has 0 amide bonds. The van der Waals surface area contributed by atoms with E-state index in [2.05, 4.69) is 20.3 Å². The summed E-state index contributed by atoms with van der Waals surface area (Å²) < 4.78 is 21.9. The van der Waals surface area contributed by atoms with Gasteiger partial charge in [-0.25, -0.2) is 19.3 Å². The second-order valence-corrected chi connectivity index (χ2v) is 8.06. The summed E-state index contributed by atoms with van der Waals surface area (Å²) >= 11 is 6.33. The average molecular weight is 436 g/mol. The molecular weight excluding hydrogens is 413 g/mol. The molecule has 1 saturated heterocycles. The molecule has 3 N–H and O–H groups in total. The largest absolute Gasteiger partial charge is 0.394 e. The van der Waals surface area contributed by atoms with Crippen molar-refractivity contribution in [1.82, 2.24) is 19.5 Å². The van der Waals surface area contributed by atoms with Gasteiger partial charge in [0, 0.05) is 11.6 Å². The first-order valence-corrected chi connectivity index (χ1v) is 10.1. The van der Waals surface area contributed by atoms with Crippen molar-refractivity contribution < 1.29 is 19.3 Å². The summed E-state index contributed by atoms with van der Waals surface area (Å²) in [6.07, 6.45) is 2.30. The fourth-order valence-electron chi connectivity index (χ4n) is 3.59. The Labute approximate surface area is 177 Å². The van der Waals surface area contributed by atoms with Gasteiger partial charge in [-0.1, -0.05) is 11.6 Å². The van der Waals surface area contributed by atoms with Gasteiger partial charge in [-0.3, -0.25) is 0 Å². The SMILES string of the molecule is CC(C)n1cnc2c(F)cc(-c3nc(NC4C[C@@H](CO)OC[C@H]4O)ncc3Cl)cc21. The lowest BCUT2D eigenvalue weighted by Crippen LogP contribution is -2.46. The summed E-state index contributed by atoms with van der Waals surface area (Å²) in [6.45, 7) is 3.94. The van der Waals surface area contributed by atoms with Crippen LogP contribution < -0.4 is 5.32 Å². The minimum Gasteiger partial charge on any atom is -0.394 e. The van der Waals surface area contributed by atoms with Crippen molar-refractivity contribution >= 4 is 28.6 Å². The molecule has 2 aromatic heterocycles. The van der Waals surface area contributed by atoms with Crippen LogP contribution in [0.25, 0.3) is 22.3 Å². The van der Waals surface area contributed by atoms with Crippen LogP contribution in [0.15, 0.2) is 24.7 Å². The van der Waals surface area contributed by atoms with Gasteiger partial charge in [0.25, 0.3) is 0 Å². The summed E-state index contributed by atoms with van der Waals surface area (Å²) in [5, 5.41) is 22.9. The van der Waals surface area contributed by atoms with Gasteiger partial charge in [-0.15, -0.1) is 0 Å². The van der Waals surface area contributed by atoms with Crippen LogP contribution in [0, 0.1) is 5.82 Å². The molecule has 0 radical (unpaired) electrons. The zero-order chi connectivity index (χ0) is 21.4. The zero-order valence-corrected chi connectivity index (χ0v) is 17.3. The Balaban J connectivity index is 1.69. The molecule has 0 aliphatic carbocycles. The molecule has 1 aromatic carbocycles. The smallest absolute Gasteiger partial charge is 0.223 e. The van der Waals surface area contributed by atoms with Crippen molar-refractivity contribution in [2.75, 3.05) is 18.5 Å². The van der Waals surface area contributed by atoms with Gasteiger partial charge in [0.2, 0.25) is 5.95 Å². The molecule has 3 heterocycles. The molecule has 4 rings (SSSR count). The van der Waals surface area contributed by atoms with E-state index in [1.54, 1.807) is 12.4 Å². The Bertz CT molecular complexity index is 1060. The highest BCUT2D eigenvalue weighted by Gasteiger charge is 2.30. The highest BCUT2D eigenvalue weighted by atomic mass is 35.5. The van der Waals surface area contributed by atoms with E-state index in [1.165, 1.54) is 12.3 Å². The first kappa shape index (κ1) is 20.9. The van der Waals surface area contributed by atoms with Crippen LogP contribution in [0.4, 0.5) is 10.3 Å². The molecule has 10 heteroatoms. The molecule has 160 valence electrons. The maximum Gasteiger partial charge on any atom is 0.223 e. The zero-order valence-electron chi connectivity index (χ0n) is 16.6. The number of aromatic nitrogens is 4. The number of rotatable bonds is 5. The summed E-state index contributed by atoms with van der Waals surface area (Å²) in [5.74, 6) is -0.216. The average Bonchev–Trinajstić information content (AvgIpc) is 3.16. The summed E-state index contributed by atoms with van der Waals surface area (Å²) in [5.41, 5.74) is 1.80. The van der Waals surface area contributed by atoms with E-state index in [0.717, 1.165) is 0 Å². The van der Waals surface area contributed by atoms with Gasteiger partial charge in [0.15, 0.2) is 5.82 Å². The van der Waals surface area contributed by atoms with Crippen molar-refractivity contribution in [2.45, 2.75) is 44.6 Å². The van der Waals surface area contributed by atoms with Crippen LogP contribution >= 0.6 is 11.6 Å². The first-order chi connectivity index (χ1) is 14.4. The third-order valence-electron chi connectivity index (χ3n) is 5.21. The standard InChI is InChI=1S/C20H23ClFN5O3/c1-10(2)27-9-24-19-14(22)3-11(4-16(19)27)18-13(21)6-23-20(26-18)25-15-5-12(7-28)30-8-17(15)29/h3-4,6,9-10,12,15,17,28-29H,5,7-8H2,1-2H3,(H,23,25,26)/t12-,15?,17+/m0/s1. The summed E-state index contributed by atoms with van der Waals surface area (Å²) in [4.78, 5) is 12.8. The van der Waals surface area contributed by atoms with Crippen LogP contribution in [-0.2, 0) is 4.74 Å². The Morgan fingerprint density at radius 3 is 2.90 bits per heavy atom. The molecule has 0 spiro atoms. The van der Waals surface area contributed by atoms with Crippen LogP contribution in [0.1, 0.15) is 26.3 Å². The van der Waals surface area contributed by atoms with Crippen molar-refractivity contribution in [3.8, 4) is 11.3 Å². The topological polar surface area (TPSA) is 105 Å². The highest BCUT2D eigenvalue weighted by Crippen LogP contribution is 2.31. The van der Waals surface area contributed by atoms with Crippen LogP contribution in [-0.4, -0.2) is 61.2 Å². The fourth-order valence-corrected chi connectivity index (χ4v) is 3.79. The van der Waals surface area contributed by atoms with Crippen molar-refractivity contribution in [1.29, 1.82) is 0 Å². The molecular formula is C20H23ClFN5O3. The quantitative estimate of drug-likeness (QED) is 0.565. The predicted octanol–water partition coefficient (Wildman–Crippen LogP) is 2.79. The number of aliphatic hydroxyl groups excluding tert-OH is 2. The van der Waals surface area contributed by atoms with Gasteiger partial charge < -0.3 is 24.8 Å². The molecule has 1 aliphatic rings. The third-order valence-corrected chi connectivity index (χ3v) is 5.49. The van der Waals surface area contributed by atoms with E-state index >= 15 is 0 Å². The number of hydrogen-bond donors (Lipinski definition) is 3. The second-order valence-electron chi connectivity index (χ2n) is 7.65. The molecule has 3 atom stereocenters. The summed E-state index contributed by atoms with van der Waals surface area (Å²) in [6, 6.07) is 2.86. The number of hydrogen-bond acceptors (Lipinski definition) is 7. The molecule has 8 nitrogen and oxygen atoms in total. The summed E-state index contributed by atoms with van der Waals surface area (Å²) in [7, 11) is 0. The van der Waals surface area contributed by atoms with E-state index in [4.69, 9.17) is 16.3 Å². The van der Waals surface area contributed by atoms with Gasteiger partial charge in [-0.2, -0.15) is 0 Å². The number of ether oxygens (including phenoxy) is 1. The van der Waals surface area contributed by atoms with Gasteiger partial charge in [-0.05, 0) is 32.4 Å². The van der Waals surface area contributed by atoms with Crippen LogP contribution in [0.3, 0.4) is 0 Å². The minimum absolute atomic E-state index is 0.102. The Kier molecular flexibility index (Phi) is 5.88. The number of imidazole rings is 1. The number of anilines is 1. The lowest BCUT2D eigenvalue weighted by atomic mass is 10.0. The van der Waals surface area contributed by atoms with Crippen molar-refractivity contribution in [2.24, 2.45) is 0 Å². The Morgan fingerprint density at radius 1 is 1.37 bits per heavy atom. The lowest BCUT2D eigenvalue weighted by molar-refractivity contribution is -0.0793. The number of nitrogens with zero attached hydrogens (tertiary/aromatic N) is 4. The number of nitrogens with one attached hydrogen (secondary N) is 1. The molecule has 0 saturated carbocycles. The molecule has 1 aliphatic heterocycles. The third kappa shape index (κ3) is 3.98. The minimum atomic E-state index is -0.773. The van der Waals surface area contributed by atoms with Gasteiger partial charge in [0.1, 0.15) is 5.52 Å². The highest BCUT2D eigenvalue weighted by molar-refractivity contribution is 6.33. The fraction of sp³-hybridized carbons (Fsp3) is 0.450. The monoisotopic (exact) mass is 435 g/mol. The van der Waals surface area contributed by atoms with Gasteiger partial charge >= 0.3 is 0 Å². The van der Waals surface area contributed by atoms with Crippen molar-refractivity contribution in [3.63, 3.8) is 0 Å². The van der Waals surface area contributed by atoms with Crippen molar-refractivity contribution in [3.05, 3.63) is 35.5 Å². The maximum absolute atomic E-state index is 14.7. The van der Waals surface area contributed by atoms with E-state index in [-0.39, 0.29) is 41.8 Å². The number of fused-ring (bicyclic) bond motifs is 1. The molecule has 3 aromatic rings. The Morgan fingerprint density at radius 2 is 2.17 bits per heavy atom. The molecule has 0 bridgehead atoms. The molecule has 30 heavy (non-hydrogen) atoms. The van der Waals surface area contributed by atoms with E-state index in [1.807, 2.05) is 18.4 Å². The normalized spacial score (nSPS) is 22.0. The van der Waals surface area contributed by atoms with E-state index < -0.39 is 18.0 Å². The van der Waals surface area contributed by atoms with E-state index in [9.17, 15) is 14.6 Å². The molecule has 1 fully saturated rings. The van der Waals surface area contributed by atoms with E-state index in [0.29, 0.717) is 23.2 Å². The Hall–Kier alpha value is -2.33. The lowest BCUT2D eigenvalue weighted by Gasteiger charge is -2.33. The van der Waals surface area contributed by atoms with Gasteiger partial charge in [0.05, 0.1) is 60.2 Å². The van der Waals surface area contributed by atoms with Crippen LogP contribution in [0.2, 0.25) is 5.02 Å². The first-order valence-electron chi connectivity index (χ1n) is 9.73. The second kappa shape index (κ2) is 8.43. The number of aliphatic hydroxyl groups is 2. The molecule has 1 unspecified atom stereocenters. The predicted molar refractivity (Wildman–Crippen MR) is 111 cm³/mol. The number of benzene rings is 1. The number of halogens is 2. The van der Waals surface area contributed by atoms with Crippen LogP contribution in [0.5, 0.6) is 0 Å². The maximum atomic E-state index is 14.7.